The van der Waals surface area contributed by atoms with Crippen molar-refractivity contribution in [2.45, 2.75) is 13.8 Å². The Hall–Kier alpha value is -2.73. The summed E-state index contributed by atoms with van der Waals surface area (Å²) < 4.78 is 10.7. The normalized spacial score (nSPS) is 14.7. The van der Waals surface area contributed by atoms with Crippen LogP contribution in [0.4, 0.5) is 11.4 Å². The summed E-state index contributed by atoms with van der Waals surface area (Å²) in [6.45, 7) is 8.09. The number of amides is 1. The van der Waals surface area contributed by atoms with E-state index in [1.165, 1.54) is 5.69 Å². The Kier molecular flexibility index (Phi) is 6.09. The van der Waals surface area contributed by atoms with Crippen LogP contribution in [0.5, 0.6) is 11.5 Å². The van der Waals surface area contributed by atoms with Gasteiger partial charge in [0.1, 0.15) is 11.5 Å². The molecular weight excluding hydrogens is 354 g/mol. The van der Waals surface area contributed by atoms with Crippen molar-refractivity contribution in [2.24, 2.45) is 0 Å². The Morgan fingerprint density at radius 3 is 2.11 bits per heavy atom. The minimum absolute atomic E-state index is 0.188. The summed E-state index contributed by atoms with van der Waals surface area (Å²) >= 11 is 0. The zero-order chi connectivity index (χ0) is 20.3. The van der Waals surface area contributed by atoms with Crippen molar-refractivity contribution in [3.63, 3.8) is 0 Å². The van der Waals surface area contributed by atoms with E-state index in [4.69, 9.17) is 9.47 Å². The van der Waals surface area contributed by atoms with Crippen molar-refractivity contribution in [1.82, 2.24) is 4.90 Å². The van der Waals surface area contributed by atoms with Gasteiger partial charge in [-0.25, -0.2) is 0 Å². The molecular formula is C22H29N3O3. The highest BCUT2D eigenvalue weighted by molar-refractivity contribution is 6.05. The molecule has 0 aliphatic carbocycles. The number of ether oxygens (including phenoxy) is 2. The van der Waals surface area contributed by atoms with Crippen LogP contribution in [-0.2, 0) is 0 Å². The molecule has 0 unspecified atom stereocenters. The molecule has 1 aliphatic rings. The van der Waals surface area contributed by atoms with Gasteiger partial charge in [0.05, 0.1) is 14.2 Å². The van der Waals surface area contributed by atoms with Crippen LogP contribution >= 0.6 is 0 Å². The largest absolute Gasteiger partial charge is 0.496 e. The SMILES string of the molecule is COc1cc(C(=O)Nc2ccc(N3CCN(C)CC3)cc2C)cc(OC)c1C. The lowest BCUT2D eigenvalue weighted by molar-refractivity contribution is 0.102. The molecule has 0 spiro atoms. The topological polar surface area (TPSA) is 54.0 Å². The van der Waals surface area contributed by atoms with Gasteiger partial charge in [0.25, 0.3) is 5.91 Å². The molecule has 1 amide bonds. The lowest BCUT2D eigenvalue weighted by Crippen LogP contribution is -2.44. The molecule has 3 rings (SSSR count). The average Bonchev–Trinajstić information content (AvgIpc) is 2.70. The molecule has 2 aromatic rings. The predicted molar refractivity (Wildman–Crippen MR) is 113 cm³/mol. The van der Waals surface area contributed by atoms with Crippen LogP contribution in [0, 0.1) is 13.8 Å². The summed E-state index contributed by atoms with van der Waals surface area (Å²) in [6.07, 6.45) is 0. The molecule has 6 heteroatoms. The van der Waals surface area contributed by atoms with Crippen molar-refractivity contribution < 1.29 is 14.3 Å². The van der Waals surface area contributed by atoms with Crippen molar-refractivity contribution >= 4 is 17.3 Å². The minimum Gasteiger partial charge on any atom is -0.496 e. The van der Waals surface area contributed by atoms with Crippen LogP contribution < -0.4 is 19.7 Å². The standard InChI is InChI=1S/C22H29N3O3/c1-15-12-18(25-10-8-24(3)9-11-25)6-7-19(15)23-22(26)17-13-20(27-4)16(2)21(14-17)28-5/h6-7,12-14H,8-11H2,1-5H3,(H,23,26). The van der Waals surface area contributed by atoms with E-state index in [-0.39, 0.29) is 5.91 Å². The maximum Gasteiger partial charge on any atom is 0.255 e. The summed E-state index contributed by atoms with van der Waals surface area (Å²) in [5.74, 6) is 1.07. The van der Waals surface area contributed by atoms with Crippen LogP contribution in [0.15, 0.2) is 30.3 Å². The minimum atomic E-state index is -0.188. The highest BCUT2D eigenvalue weighted by atomic mass is 16.5. The number of piperazine rings is 1. The molecule has 1 heterocycles. The smallest absolute Gasteiger partial charge is 0.255 e. The fraction of sp³-hybridized carbons (Fsp3) is 0.409. The molecule has 1 N–H and O–H groups in total. The van der Waals surface area contributed by atoms with Gasteiger partial charge in [0.2, 0.25) is 0 Å². The number of rotatable bonds is 5. The second-order valence-corrected chi connectivity index (χ2v) is 7.25. The number of aryl methyl sites for hydroxylation is 1. The number of benzene rings is 2. The zero-order valence-corrected chi connectivity index (χ0v) is 17.3. The summed E-state index contributed by atoms with van der Waals surface area (Å²) in [5.41, 5.74) is 4.41. The molecule has 0 aromatic heterocycles. The summed E-state index contributed by atoms with van der Waals surface area (Å²) in [4.78, 5) is 17.5. The first-order valence-electron chi connectivity index (χ1n) is 9.51. The van der Waals surface area contributed by atoms with Crippen LogP contribution in [0.3, 0.4) is 0 Å². The van der Waals surface area contributed by atoms with E-state index in [1.807, 2.05) is 19.9 Å². The molecule has 0 saturated carbocycles. The summed E-state index contributed by atoms with van der Waals surface area (Å²) in [5, 5.41) is 3.01. The van der Waals surface area contributed by atoms with Gasteiger partial charge < -0.3 is 24.6 Å². The Labute approximate surface area is 167 Å². The zero-order valence-electron chi connectivity index (χ0n) is 17.3. The van der Waals surface area contributed by atoms with Crippen LogP contribution in [-0.4, -0.2) is 58.3 Å². The van der Waals surface area contributed by atoms with Gasteiger partial charge in [0, 0.05) is 48.7 Å². The lowest BCUT2D eigenvalue weighted by atomic mass is 10.1. The lowest BCUT2D eigenvalue weighted by Gasteiger charge is -2.34. The number of hydrogen-bond acceptors (Lipinski definition) is 5. The van der Waals surface area contributed by atoms with E-state index >= 15 is 0 Å². The number of nitrogens with zero attached hydrogens (tertiary/aromatic N) is 2. The van der Waals surface area contributed by atoms with Gasteiger partial charge >= 0.3 is 0 Å². The number of anilines is 2. The van der Waals surface area contributed by atoms with Crippen molar-refractivity contribution in [1.29, 1.82) is 0 Å². The number of nitrogens with one attached hydrogen (secondary N) is 1. The van der Waals surface area contributed by atoms with Gasteiger partial charge in [-0.05, 0) is 56.8 Å². The summed E-state index contributed by atoms with van der Waals surface area (Å²) in [6, 6.07) is 9.66. The molecule has 1 saturated heterocycles. The predicted octanol–water partition coefficient (Wildman–Crippen LogP) is 3.32. The van der Waals surface area contributed by atoms with Crippen molar-refractivity contribution in [3.05, 3.63) is 47.0 Å². The number of carbonyl (C=O) groups is 1. The Morgan fingerprint density at radius 2 is 1.57 bits per heavy atom. The van der Waals surface area contributed by atoms with Gasteiger partial charge in [-0.3, -0.25) is 4.79 Å². The van der Waals surface area contributed by atoms with Crippen molar-refractivity contribution in [2.75, 3.05) is 57.7 Å². The first-order chi connectivity index (χ1) is 13.4. The first kappa shape index (κ1) is 20.0. The Morgan fingerprint density at radius 1 is 0.964 bits per heavy atom. The van der Waals surface area contributed by atoms with E-state index in [1.54, 1.807) is 26.4 Å². The molecule has 0 bridgehead atoms. The highest BCUT2D eigenvalue weighted by Gasteiger charge is 2.17. The van der Waals surface area contributed by atoms with Gasteiger partial charge in [-0.2, -0.15) is 0 Å². The van der Waals surface area contributed by atoms with Crippen molar-refractivity contribution in [3.8, 4) is 11.5 Å². The van der Waals surface area contributed by atoms with E-state index in [9.17, 15) is 4.79 Å². The first-order valence-corrected chi connectivity index (χ1v) is 9.51. The van der Waals surface area contributed by atoms with Crippen LogP contribution in [0.2, 0.25) is 0 Å². The van der Waals surface area contributed by atoms with E-state index in [2.05, 4.69) is 34.3 Å². The maximum atomic E-state index is 12.8. The van der Waals surface area contributed by atoms with E-state index in [0.717, 1.165) is 43.0 Å². The summed E-state index contributed by atoms with van der Waals surface area (Å²) in [7, 11) is 5.33. The molecule has 2 aromatic carbocycles. The molecule has 1 aliphatic heterocycles. The third-order valence-corrected chi connectivity index (χ3v) is 5.34. The maximum absolute atomic E-state index is 12.8. The van der Waals surface area contributed by atoms with Gasteiger partial charge in [-0.15, -0.1) is 0 Å². The number of likely N-dealkylation sites (N-methyl/N-ethyl adjacent to an activating group) is 1. The average molecular weight is 383 g/mol. The highest BCUT2D eigenvalue weighted by Crippen LogP contribution is 2.30. The quantitative estimate of drug-likeness (QED) is 0.858. The van der Waals surface area contributed by atoms with Crippen LogP contribution in [0.1, 0.15) is 21.5 Å². The molecule has 28 heavy (non-hydrogen) atoms. The fourth-order valence-electron chi connectivity index (χ4n) is 3.46. The molecule has 0 radical (unpaired) electrons. The number of carbonyl (C=O) groups excluding carboxylic acids is 1. The molecule has 6 nitrogen and oxygen atoms in total. The number of hydrogen-bond donors (Lipinski definition) is 1. The van der Waals surface area contributed by atoms with Gasteiger partial charge in [-0.1, -0.05) is 0 Å². The van der Waals surface area contributed by atoms with Crippen LogP contribution in [0.25, 0.3) is 0 Å². The molecule has 0 atom stereocenters. The fourth-order valence-corrected chi connectivity index (χ4v) is 3.46. The van der Waals surface area contributed by atoms with E-state index in [0.29, 0.717) is 17.1 Å². The third-order valence-electron chi connectivity index (χ3n) is 5.34. The molecule has 150 valence electrons. The Balaban J connectivity index is 1.77. The second-order valence-electron chi connectivity index (χ2n) is 7.25. The second kappa shape index (κ2) is 8.52. The monoisotopic (exact) mass is 383 g/mol. The van der Waals surface area contributed by atoms with Gasteiger partial charge in [0.15, 0.2) is 0 Å². The molecule has 1 fully saturated rings. The Bertz CT molecular complexity index is 833. The number of methoxy groups -OCH3 is 2. The van der Waals surface area contributed by atoms with E-state index < -0.39 is 0 Å². The third kappa shape index (κ3) is 4.22.